The molecular weight excluding hydrogens is 436 g/mol. The summed E-state index contributed by atoms with van der Waals surface area (Å²) < 4.78 is 11.9. The monoisotopic (exact) mass is 478 g/mol. The Labute approximate surface area is 211 Å². The summed E-state index contributed by atoms with van der Waals surface area (Å²) in [5.74, 6) is 0.245. The van der Waals surface area contributed by atoms with Crippen molar-refractivity contribution in [3.05, 3.63) is 71.3 Å². The van der Waals surface area contributed by atoms with Crippen molar-refractivity contribution in [2.75, 3.05) is 0 Å². The summed E-state index contributed by atoms with van der Waals surface area (Å²) >= 11 is 0. The maximum Gasteiger partial charge on any atom is 0.338 e. The number of hydrogen-bond donors (Lipinski definition) is 0. The Morgan fingerprint density at radius 2 is 1.49 bits per heavy atom. The van der Waals surface area contributed by atoms with Gasteiger partial charge in [0, 0.05) is 0 Å². The van der Waals surface area contributed by atoms with Crippen LogP contribution < -0.4 is 0 Å². The van der Waals surface area contributed by atoms with Crippen molar-refractivity contribution < 1.29 is 19.1 Å². The minimum absolute atomic E-state index is 0.128. The van der Waals surface area contributed by atoms with Crippen molar-refractivity contribution in [1.29, 1.82) is 0 Å². The van der Waals surface area contributed by atoms with Crippen molar-refractivity contribution in [3.8, 4) is 0 Å². The molecule has 4 heteroatoms. The third kappa shape index (κ3) is 7.19. The second kappa shape index (κ2) is 12.9. The quantitative estimate of drug-likeness (QED) is 0.306. The number of benzene rings is 2. The van der Waals surface area contributed by atoms with E-state index in [1.807, 2.05) is 6.92 Å². The SMILES string of the molecule is CCCC(CC)C(C)OC(=O)c1ccc(C(=O)OC2(CCC)CCC(c3ccccc3)CC2)cc1. The Kier molecular flexibility index (Phi) is 9.94. The van der Waals surface area contributed by atoms with Crippen LogP contribution in [0.25, 0.3) is 0 Å². The van der Waals surface area contributed by atoms with E-state index in [0.29, 0.717) is 23.0 Å². The fraction of sp³-hybridized carbons (Fsp3) is 0.548. The van der Waals surface area contributed by atoms with E-state index in [1.165, 1.54) is 5.56 Å². The summed E-state index contributed by atoms with van der Waals surface area (Å²) in [4.78, 5) is 25.7. The van der Waals surface area contributed by atoms with Gasteiger partial charge in [-0.1, -0.05) is 63.9 Å². The van der Waals surface area contributed by atoms with Gasteiger partial charge in [-0.2, -0.15) is 0 Å². The Bertz CT molecular complexity index is 926. The highest BCUT2D eigenvalue weighted by Gasteiger charge is 2.38. The van der Waals surface area contributed by atoms with Gasteiger partial charge in [-0.05, 0) is 93.5 Å². The fourth-order valence-electron chi connectivity index (χ4n) is 5.53. The van der Waals surface area contributed by atoms with E-state index in [-0.39, 0.29) is 18.0 Å². The lowest BCUT2D eigenvalue weighted by Gasteiger charge is -2.40. The van der Waals surface area contributed by atoms with Gasteiger partial charge in [-0.25, -0.2) is 9.59 Å². The summed E-state index contributed by atoms with van der Waals surface area (Å²) in [7, 11) is 0. The van der Waals surface area contributed by atoms with Crippen LogP contribution >= 0.6 is 0 Å². The maximum atomic E-state index is 13.1. The minimum atomic E-state index is -0.404. The molecule has 4 nitrogen and oxygen atoms in total. The van der Waals surface area contributed by atoms with Crippen molar-refractivity contribution in [1.82, 2.24) is 0 Å². The Hall–Kier alpha value is -2.62. The average molecular weight is 479 g/mol. The standard InChI is InChI=1S/C31H42O4/c1-5-11-24(7-3)23(4)34-29(32)27-14-16-28(17-15-27)30(33)35-31(20-6-2)21-18-26(19-22-31)25-12-9-8-10-13-25/h8-10,12-17,23-24,26H,5-7,11,18-22H2,1-4H3. The van der Waals surface area contributed by atoms with Gasteiger partial charge in [-0.3, -0.25) is 0 Å². The lowest BCUT2D eigenvalue weighted by Crippen LogP contribution is -2.38. The van der Waals surface area contributed by atoms with Crippen LogP contribution in [0.15, 0.2) is 54.6 Å². The second-order valence-electron chi connectivity index (χ2n) is 10.2. The highest BCUT2D eigenvalue weighted by Crippen LogP contribution is 2.42. The summed E-state index contributed by atoms with van der Waals surface area (Å²) in [5.41, 5.74) is 1.92. The molecule has 0 radical (unpaired) electrons. The highest BCUT2D eigenvalue weighted by molar-refractivity contribution is 5.93. The Balaban J connectivity index is 1.60. The second-order valence-corrected chi connectivity index (χ2v) is 10.2. The highest BCUT2D eigenvalue weighted by atomic mass is 16.6. The summed E-state index contributed by atoms with van der Waals surface area (Å²) in [5, 5.41) is 0. The van der Waals surface area contributed by atoms with Gasteiger partial charge < -0.3 is 9.47 Å². The molecule has 0 saturated heterocycles. The van der Waals surface area contributed by atoms with E-state index in [9.17, 15) is 9.59 Å². The molecule has 3 rings (SSSR count). The minimum Gasteiger partial charge on any atom is -0.459 e. The molecule has 0 aromatic heterocycles. The molecule has 1 fully saturated rings. The third-order valence-corrected chi connectivity index (χ3v) is 7.68. The number of hydrogen-bond acceptors (Lipinski definition) is 4. The van der Waals surface area contributed by atoms with Gasteiger partial charge in [0.05, 0.1) is 11.1 Å². The number of carbonyl (C=O) groups excluding carboxylic acids is 2. The summed E-state index contributed by atoms with van der Waals surface area (Å²) in [6.07, 6.45) is 8.63. The van der Waals surface area contributed by atoms with Gasteiger partial charge in [0.25, 0.3) is 0 Å². The van der Waals surface area contributed by atoms with Crippen LogP contribution in [0.3, 0.4) is 0 Å². The van der Waals surface area contributed by atoms with Gasteiger partial charge in [-0.15, -0.1) is 0 Å². The zero-order chi connectivity index (χ0) is 25.3. The first-order valence-electron chi connectivity index (χ1n) is 13.5. The molecule has 2 aromatic carbocycles. The smallest absolute Gasteiger partial charge is 0.338 e. The fourth-order valence-corrected chi connectivity index (χ4v) is 5.53. The van der Waals surface area contributed by atoms with E-state index < -0.39 is 5.60 Å². The first-order chi connectivity index (χ1) is 16.9. The van der Waals surface area contributed by atoms with Crippen molar-refractivity contribution in [2.24, 2.45) is 5.92 Å². The molecule has 190 valence electrons. The van der Waals surface area contributed by atoms with E-state index in [0.717, 1.165) is 57.8 Å². The normalized spacial score (nSPS) is 21.7. The van der Waals surface area contributed by atoms with Crippen LogP contribution in [0, 0.1) is 5.92 Å². The molecule has 2 aromatic rings. The molecule has 2 unspecified atom stereocenters. The molecule has 1 aliphatic carbocycles. The molecule has 1 aliphatic rings. The molecule has 1 saturated carbocycles. The molecule has 0 spiro atoms. The third-order valence-electron chi connectivity index (χ3n) is 7.68. The zero-order valence-electron chi connectivity index (χ0n) is 21.9. The topological polar surface area (TPSA) is 52.6 Å². The first-order valence-corrected chi connectivity index (χ1v) is 13.5. The predicted molar refractivity (Wildman–Crippen MR) is 141 cm³/mol. The van der Waals surface area contributed by atoms with E-state index in [1.54, 1.807) is 24.3 Å². The van der Waals surface area contributed by atoms with Crippen LogP contribution in [0.1, 0.15) is 118 Å². The number of carbonyl (C=O) groups is 2. The molecule has 2 atom stereocenters. The van der Waals surface area contributed by atoms with Crippen LogP contribution in [0.2, 0.25) is 0 Å². The van der Waals surface area contributed by atoms with Gasteiger partial charge in [0.1, 0.15) is 11.7 Å². The number of ether oxygens (including phenoxy) is 2. The van der Waals surface area contributed by atoms with Crippen LogP contribution in [0.4, 0.5) is 0 Å². The molecule has 0 amide bonds. The first kappa shape index (κ1) is 27.0. The van der Waals surface area contributed by atoms with E-state index >= 15 is 0 Å². The van der Waals surface area contributed by atoms with Crippen molar-refractivity contribution >= 4 is 11.9 Å². The van der Waals surface area contributed by atoms with E-state index in [2.05, 4.69) is 51.1 Å². The zero-order valence-corrected chi connectivity index (χ0v) is 21.9. The molecule has 35 heavy (non-hydrogen) atoms. The molecule has 0 bridgehead atoms. The molecular formula is C31H42O4. The predicted octanol–water partition coefficient (Wildman–Crippen LogP) is 8.11. The summed E-state index contributed by atoms with van der Waals surface area (Å²) in [6.45, 7) is 8.39. The van der Waals surface area contributed by atoms with Crippen molar-refractivity contribution in [3.63, 3.8) is 0 Å². The summed E-state index contributed by atoms with van der Waals surface area (Å²) in [6, 6.07) is 17.3. The van der Waals surface area contributed by atoms with Gasteiger partial charge in [0.2, 0.25) is 0 Å². The lowest BCUT2D eigenvalue weighted by molar-refractivity contribution is -0.0454. The maximum absolute atomic E-state index is 13.1. The largest absolute Gasteiger partial charge is 0.459 e. The molecule has 0 N–H and O–H groups in total. The van der Waals surface area contributed by atoms with Crippen LogP contribution in [-0.2, 0) is 9.47 Å². The Morgan fingerprint density at radius 3 is 2.03 bits per heavy atom. The average Bonchev–Trinajstić information content (AvgIpc) is 2.88. The number of rotatable bonds is 11. The lowest BCUT2D eigenvalue weighted by atomic mass is 9.74. The van der Waals surface area contributed by atoms with Crippen molar-refractivity contribution in [2.45, 2.75) is 103 Å². The van der Waals surface area contributed by atoms with E-state index in [4.69, 9.17) is 9.47 Å². The van der Waals surface area contributed by atoms with Gasteiger partial charge >= 0.3 is 11.9 Å². The van der Waals surface area contributed by atoms with Gasteiger partial charge in [0.15, 0.2) is 0 Å². The number of esters is 2. The Morgan fingerprint density at radius 1 is 0.886 bits per heavy atom. The molecule has 0 heterocycles. The van der Waals surface area contributed by atoms with Crippen LogP contribution in [-0.4, -0.2) is 23.6 Å². The van der Waals surface area contributed by atoms with Crippen LogP contribution in [0.5, 0.6) is 0 Å². The molecule has 0 aliphatic heterocycles.